The molecule has 1 atom stereocenters. The molecule has 1 amide bonds. The second-order valence-corrected chi connectivity index (χ2v) is 3.40. The monoisotopic (exact) mass is 267 g/mol. The van der Waals surface area contributed by atoms with Crippen LogP contribution in [0.25, 0.3) is 0 Å². The first-order chi connectivity index (χ1) is 8.19. The van der Waals surface area contributed by atoms with Crippen LogP contribution >= 0.6 is 0 Å². The van der Waals surface area contributed by atoms with Crippen molar-refractivity contribution < 1.29 is 32.2 Å². The number of amides is 1. The largest absolute Gasteiger partial charge is 0.573 e. The van der Waals surface area contributed by atoms with Crippen molar-refractivity contribution in [3.05, 3.63) is 29.6 Å². The summed E-state index contributed by atoms with van der Waals surface area (Å²) in [6, 6.07) is 1.37. The average molecular weight is 267 g/mol. The van der Waals surface area contributed by atoms with Crippen molar-refractivity contribution in [1.29, 1.82) is 0 Å². The summed E-state index contributed by atoms with van der Waals surface area (Å²) in [4.78, 5) is 10.4. The SMILES string of the molecule is CC(NC(=O)O)c1cc(OC(F)(F)F)ccc1F. The van der Waals surface area contributed by atoms with E-state index in [1.165, 1.54) is 6.92 Å². The number of carboxylic acid groups (broad SMARTS) is 1. The molecule has 8 heteroatoms. The van der Waals surface area contributed by atoms with Gasteiger partial charge in [0.1, 0.15) is 11.6 Å². The van der Waals surface area contributed by atoms with Gasteiger partial charge in [0.15, 0.2) is 0 Å². The maximum absolute atomic E-state index is 13.3. The Bertz CT molecular complexity index is 447. The van der Waals surface area contributed by atoms with Gasteiger partial charge in [-0.25, -0.2) is 9.18 Å². The molecule has 0 radical (unpaired) electrons. The van der Waals surface area contributed by atoms with Crippen molar-refractivity contribution in [2.75, 3.05) is 0 Å². The minimum Gasteiger partial charge on any atom is -0.465 e. The molecule has 18 heavy (non-hydrogen) atoms. The van der Waals surface area contributed by atoms with Gasteiger partial charge in [0.05, 0.1) is 6.04 Å². The minimum atomic E-state index is -4.89. The molecule has 2 N–H and O–H groups in total. The topological polar surface area (TPSA) is 58.6 Å². The van der Waals surface area contributed by atoms with E-state index >= 15 is 0 Å². The lowest BCUT2D eigenvalue weighted by atomic mass is 10.1. The molecule has 1 aromatic rings. The number of hydrogen-bond donors (Lipinski definition) is 2. The van der Waals surface area contributed by atoms with Crippen molar-refractivity contribution in [1.82, 2.24) is 5.32 Å². The maximum Gasteiger partial charge on any atom is 0.573 e. The van der Waals surface area contributed by atoms with Gasteiger partial charge in [-0.1, -0.05) is 0 Å². The van der Waals surface area contributed by atoms with E-state index in [0.29, 0.717) is 0 Å². The third kappa shape index (κ3) is 4.11. The number of nitrogens with one attached hydrogen (secondary N) is 1. The van der Waals surface area contributed by atoms with Crippen LogP contribution in [0.2, 0.25) is 0 Å². The van der Waals surface area contributed by atoms with Crippen LogP contribution < -0.4 is 10.1 Å². The Labute approximate surface area is 99.2 Å². The first-order valence-corrected chi connectivity index (χ1v) is 4.73. The molecule has 0 saturated carbocycles. The normalized spacial score (nSPS) is 12.9. The number of alkyl halides is 3. The van der Waals surface area contributed by atoms with E-state index in [0.717, 1.165) is 18.2 Å². The van der Waals surface area contributed by atoms with Crippen LogP contribution in [-0.4, -0.2) is 17.6 Å². The summed E-state index contributed by atoms with van der Waals surface area (Å²) in [7, 11) is 0. The van der Waals surface area contributed by atoms with E-state index < -0.39 is 30.1 Å². The highest BCUT2D eigenvalue weighted by Crippen LogP contribution is 2.27. The number of ether oxygens (including phenoxy) is 1. The summed E-state index contributed by atoms with van der Waals surface area (Å²) in [6.45, 7) is 1.30. The Hall–Kier alpha value is -1.99. The van der Waals surface area contributed by atoms with E-state index in [2.05, 4.69) is 4.74 Å². The van der Waals surface area contributed by atoms with Gasteiger partial charge in [0, 0.05) is 5.56 Å². The van der Waals surface area contributed by atoms with Crippen LogP contribution in [0.3, 0.4) is 0 Å². The van der Waals surface area contributed by atoms with Gasteiger partial charge in [-0.05, 0) is 25.1 Å². The van der Waals surface area contributed by atoms with Gasteiger partial charge in [0.25, 0.3) is 0 Å². The molecule has 0 aromatic heterocycles. The Morgan fingerprint density at radius 3 is 2.56 bits per heavy atom. The predicted octanol–water partition coefficient (Wildman–Crippen LogP) is 3.05. The van der Waals surface area contributed by atoms with Gasteiger partial charge < -0.3 is 15.2 Å². The molecule has 0 saturated heterocycles. The van der Waals surface area contributed by atoms with Crippen LogP contribution in [0.5, 0.6) is 5.75 Å². The fourth-order valence-electron chi connectivity index (χ4n) is 1.31. The molecule has 0 aliphatic heterocycles. The van der Waals surface area contributed by atoms with Gasteiger partial charge >= 0.3 is 12.5 Å². The summed E-state index contributed by atoms with van der Waals surface area (Å²) in [5.41, 5.74) is -0.237. The van der Waals surface area contributed by atoms with Gasteiger partial charge in [-0.3, -0.25) is 0 Å². The van der Waals surface area contributed by atoms with Crippen molar-refractivity contribution in [2.45, 2.75) is 19.3 Å². The highest BCUT2D eigenvalue weighted by Gasteiger charge is 2.31. The quantitative estimate of drug-likeness (QED) is 0.827. The van der Waals surface area contributed by atoms with E-state index in [4.69, 9.17) is 5.11 Å². The molecule has 0 fully saturated rings. The molecular formula is C10H9F4NO3. The Balaban J connectivity index is 2.97. The van der Waals surface area contributed by atoms with Crippen LogP contribution in [0.15, 0.2) is 18.2 Å². The smallest absolute Gasteiger partial charge is 0.465 e. The first kappa shape index (κ1) is 14.1. The maximum atomic E-state index is 13.3. The molecule has 0 bridgehead atoms. The van der Waals surface area contributed by atoms with E-state index in [1.54, 1.807) is 0 Å². The molecule has 0 aliphatic rings. The van der Waals surface area contributed by atoms with Crippen LogP contribution in [0.4, 0.5) is 22.4 Å². The number of rotatable bonds is 3. The number of halogens is 4. The molecule has 0 heterocycles. The van der Waals surface area contributed by atoms with Gasteiger partial charge in [-0.2, -0.15) is 0 Å². The number of carbonyl (C=O) groups is 1. The van der Waals surface area contributed by atoms with Crippen molar-refractivity contribution in [2.24, 2.45) is 0 Å². The summed E-state index contributed by atoms with van der Waals surface area (Å²) in [5.74, 6) is -1.44. The molecule has 100 valence electrons. The Morgan fingerprint density at radius 2 is 2.06 bits per heavy atom. The van der Waals surface area contributed by atoms with Gasteiger partial charge in [0.2, 0.25) is 0 Å². The highest BCUT2D eigenvalue weighted by molar-refractivity contribution is 5.65. The lowest BCUT2D eigenvalue weighted by molar-refractivity contribution is -0.274. The summed E-state index contributed by atoms with van der Waals surface area (Å²) in [6.07, 6.45) is -6.30. The van der Waals surface area contributed by atoms with Gasteiger partial charge in [-0.15, -0.1) is 13.2 Å². The lowest BCUT2D eigenvalue weighted by Crippen LogP contribution is -2.25. The fraction of sp³-hybridized carbons (Fsp3) is 0.300. The number of benzene rings is 1. The van der Waals surface area contributed by atoms with Crippen LogP contribution in [-0.2, 0) is 0 Å². The summed E-state index contributed by atoms with van der Waals surface area (Å²) < 4.78 is 52.8. The standard InChI is InChI=1S/C10H9F4NO3/c1-5(15-9(16)17)7-4-6(2-3-8(7)11)18-10(12,13)14/h2-5,15H,1H3,(H,16,17). The first-order valence-electron chi connectivity index (χ1n) is 4.73. The minimum absolute atomic E-state index is 0.237. The Morgan fingerprint density at radius 1 is 1.44 bits per heavy atom. The van der Waals surface area contributed by atoms with Crippen molar-refractivity contribution in [3.63, 3.8) is 0 Å². The molecule has 0 aliphatic carbocycles. The molecular weight excluding hydrogens is 258 g/mol. The summed E-state index contributed by atoms with van der Waals surface area (Å²) in [5, 5.41) is 10.4. The molecule has 1 rings (SSSR count). The Kier molecular flexibility index (Phi) is 4.00. The summed E-state index contributed by atoms with van der Waals surface area (Å²) >= 11 is 0. The molecule has 0 spiro atoms. The lowest BCUT2D eigenvalue weighted by Gasteiger charge is -2.15. The van der Waals surface area contributed by atoms with E-state index in [-0.39, 0.29) is 5.56 Å². The molecule has 4 nitrogen and oxygen atoms in total. The third-order valence-electron chi connectivity index (χ3n) is 2.01. The van der Waals surface area contributed by atoms with E-state index in [9.17, 15) is 22.4 Å². The second kappa shape index (κ2) is 5.11. The zero-order valence-electron chi connectivity index (χ0n) is 9.08. The van der Waals surface area contributed by atoms with Crippen LogP contribution in [0, 0.1) is 5.82 Å². The molecule has 1 unspecified atom stereocenters. The third-order valence-corrected chi connectivity index (χ3v) is 2.01. The second-order valence-electron chi connectivity index (χ2n) is 3.40. The average Bonchev–Trinajstić information content (AvgIpc) is 2.17. The van der Waals surface area contributed by atoms with E-state index in [1.807, 2.05) is 5.32 Å². The zero-order valence-corrected chi connectivity index (χ0v) is 9.08. The van der Waals surface area contributed by atoms with Crippen molar-refractivity contribution in [3.8, 4) is 5.75 Å². The predicted molar refractivity (Wildman–Crippen MR) is 52.7 cm³/mol. The van der Waals surface area contributed by atoms with Crippen molar-refractivity contribution >= 4 is 6.09 Å². The molecule has 1 aromatic carbocycles. The highest BCUT2D eigenvalue weighted by atomic mass is 19.4. The number of hydrogen-bond acceptors (Lipinski definition) is 2. The zero-order chi connectivity index (χ0) is 13.9. The van der Waals surface area contributed by atoms with Crippen LogP contribution in [0.1, 0.15) is 18.5 Å². The fourth-order valence-corrected chi connectivity index (χ4v) is 1.31.